The fourth-order valence-electron chi connectivity index (χ4n) is 4.84. The molecule has 0 aliphatic heterocycles. The molecule has 0 aliphatic carbocycles. The van der Waals surface area contributed by atoms with E-state index in [4.69, 9.17) is 4.98 Å². The van der Waals surface area contributed by atoms with E-state index in [1.807, 2.05) is 49.1 Å². The number of imidazole rings is 1. The van der Waals surface area contributed by atoms with E-state index in [-0.39, 0.29) is 0 Å². The second-order valence-electron chi connectivity index (χ2n) is 9.41. The Morgan fingerprint density at radius 2 is 1.54 bits per heavy atom. The summed E-state index contributed by atoms with van der Waals surface area (Å²) in [5.74, 6) is 0.684. The zero-order valence-corrected chi connectivity index (χ0v) is 21.0. The van der Waals surface area contributed by atoms with Gasteiger partial charge in [-0.1, -0.05) is 42.5 Å². The SMILES string of the molecule is c1ccc(CNCc2cncc(-c3ccc4[nH]nc(-c5nc6c(-c7cccnc7)cncc6[nH]5)c4c3)c2)cc1. The fraction of sp³-hybridized carbons (Fsp3) is 0.0645. The number of fused-ring (bicyclic) bond motifs is 2. The van der Waals surface area contributed by atoms with Crippen LogP contribution < -0.4 is 5.32 Å². The highest BCUT2D eigenvalue weighted by Gasteiger charge is 2.16. The number of benzene rings is 2. The third-order valence-electron chi connectivity index (χ3n) is 6.78. The Morgan fingerprint density at radius 1 is 0.667 bits per heavy atom. The summed E-state index contributed by atoms with van der Waals surface area (Å²) >= 11 is 0. The summed E-state index contributed by atoms with van der Waals surface area (Å²) in [4.78, 5) is 21.5. The van der Waals surface area contributed by atoms with Gasteiger partial charge in [0.2, 0.25) is 0 Å². The molecule has 0 unspecified atom stereocenters. The minimum Gasteiger partial charge on any atom is -0.335 e. The molecule has 7 rings (SSSR count). The Kier molecular flexibility index (Phi) is 5.84. The lowest BCUT2D eigenvalue weighted by atomic mass is 10.0. The summed E-state index contributed by atoms with van der Waals surface area (Å²) in [5, 5.41) is 12.2. The van der Waals surface area contributed by atoms with E-state index < -0.39 is 0 Å². The van der Waals surface area contributed by atoms with Crippen LogP contribution in [0.3, 0.4) is 0 Å². The van der Waals surface area contributed by atoms with Crippen molar-refractivity contribution in [1.82, 2.24) is 40.4 Å². The van der Waals surface area contributed by atoms with Crippen LogP contribution in [0.4, 0.5) is 0 Å². The fourth-order valence-corrected chi connectivity index (χ4v) is 4.84. The third kappa shape index (κ3) is 4.54. The molecule has 2 aromatic carbocycles. The summed E-state index contributed by atoms with van der Waals surface area (Å²) in [5.41, 5.74) is 9.77. The number of rotatable bonds is 7. The van der Waals surface area contributed by atoms with Crippen molar-refractivity contribution in [3.05, 3.63) is 115 Å². The molecule has 0 bridgehead atoms. The summed E-state index contributed by atoms with van der Waals surface area (Å²) in [6, 6.07) is 22.8. The number of hydrogen-bond donors (Lipinski definition) is 3. The number of aromatic amines is 2. The van der Waals surface area contributed by atoms with Crippen molar-refractivity contribution in [3.8, 4) is 33.8 Å². The summed E-state index contributed by atoms with van der Waals surface area (Å²) in [7, 11) is 0. The van der Waals surface area contributed by atoms with Crippen molar-refractivity contribution >= 4 is 21.9 Å². The Balaban J connectivity index is 1.20. The van der Waals surface area contributed by atoms with Gasteiger partial charge in [-0.25, -0.2) is 4.98 Å². The molecular weight excluding hydrogens is 484 g/mol. The second kappa shape index (κ2) is 9.92. The molecular formula is C31H24N8. The molecule has 0 saturated carbocycles. The monoisotopic (exact) mass is 508 g/mol. The quantitative estimate of drug-likeness (QED) is 0.247. The highest BCUT2D eigenvalue weighted by atomic mass is 15.1. The van der Waals surface area contributed by atoms with Gasteiger partial charge in [0, 0.05) is 66.2 Å². The topological polar surface area (TPSA) is 108 Å². The van der Waals surface area contributed by atoms with E-state index in [1.54, 1.807) is 12.4 Å². The predicted molar refractivity (Wildman–Crippen MR) is 152 cm³/mol. The van der Waals surface area contributed by atoms with E-state index in [2.05, 4.69) is 77.9 Å². The average molecular weight is 509 g/mol. The number of hydrogen-bond acceptors (Lipinski definition) is 6. The van der Waals surface area contributed by atoms with Crippen molar-refractivity contribution in [2.75, 3.05) is 0 Å². The Morgan fingerprint density at radius 3 is 2.44 bits per heavy atom. The van der Waals surface area contributed by atoms with Crippen molar-refractivity contribution < 1.29 is 0 Å². The lowest BCUT2D eigenvalue weighted by molar-refractivity contribution is 0.691. The van der Waals surface area contributed by atoms with Crippen LogP contribution >= 0.6 is 0 Å². The van der Waals surface area contributed by atoms with Crippen LogP contribution in [0, 0.1) is 0 Å². The van der Waals surface area contributed by atoms with Crippen LogP contribution in [0.15, 0.2) is 104 Å². The lowest BCUT2D eigenvalue weighted by Crippen LogP contribution is -2.12. The highest BCUT2D eigenvalue weighted by molar-refractivity contribution is 5.97. The zero-order valence-electron chi connectivity index (χ0n) is 21.0. The van der Waals surface area contributed by atoms with E-state index in [0.717, 1.165) is 68.5 Å². The van der Waals surface area contributed by atoms with Crippen molar-refractivity contribution in [2.24, 2.45) is 0 Å². The van der Waals surface area contributed by atoms with Gasteiger partial charge < -0.3 is 10.3 Å². The lowest BCUT2D eigenvalue weighted by Gasteiger charge is -2.07. The largest absolute Gasteiger partial charge is 0.335 e. The van der Waals surface area contributed by atoms with Crippen molar-refractivity contribution in [3.63, 3.8) is 0 Å². The van der Waals surface area contributed by atoms with Gasteiger partial charge in [-0.2, -0.15) is 5.10 Å². The van der Waals surface area contributed by atoms with Gasteiger partial charge in [0.1, 0.15) is 11.2 Å². The Bertz CT molecular complexity index is 1890. The van der Waals surface area contributed by atoms with Crippen LogP contribution in [-0.4, -0.2) is 35.1 Å². The number of nitrogens with one attached hydrogen (secondary N) is 3. The van der Waals surface area contributed by atoms with Gasteiger partial charge in [-0.15, -0.1) is 0 Å². The van der Waals surface area contributed by atoms with Gasteiger partial charge >= 0.3 is 0 Å². The molecule has 8 nitrogen and oxygen atoms in total. The Labute approximate surface area is 224 Å². The first-order chi connectivity index (χ1) is 19.3. The normalized spacial score (nSPS) is 11.4. The van der Waals surface area contributed by atoms with E-state index >= 15 is 0 Å². The Hall–Kier alpha value is -5.21. The molecule has 5 aromatic heterocycles. The summed E-state index contributed by atoms with van der Waals surface area (Å²) in [6.45, 7) is 1.55. The van der Waals surface area contributed by atoms with Gasteiger partial charge in [0.25, 0.3) is 0 Å². The van der Waals surface area contributed by atoms with E-state index in [9.17, 15) is 0 Å². The summed E-state index contributed by atoms with van der Waals surface area (Å²) in [6.07, 6.45) is 11.0. The molecule has 7 aromatic rings. The van der Waals surface area contributed by atoms with Crippen LogP contribution in [0.2, 0.25) is 0 Å². The maximum absolute atomic E-state index is 4.93. The second-order valence-corrected chi connectivity index (χ2v) is 9.41. The van der Waals surface area contributed by atoms with Crippen molar-refractivity contribution in [1.29, 1.82) is 0 Å². The van der Waals surface area contributed by atoms with Crippen molar-refractivity contribution in [2.45, 2.75) is 13.1 Å². The maximum atomic E-state index is 4.93. The molecule has 5 heterocycles. The molecule has 0 fully saturated rings. The first kappa shape index (κ1) is 22.9. The highest BCUT2D eigenvalue weighted by Crippen LogP contribution is 2.32. The van der Waals surface area contributed by atoms with E-state index in [1.165, 1.54) is 5.56 Å². The number of nitrogens with zero attached hydrogens (tertiary/aromatic N) is 5. The standard InChI is InChI=1S/C31H24N8/c1-2-5-20(6-3-1)13-33-14-21-11-24(17-34-15-21)22-8-9-27-25(12-22)30(39-38-27)31-36-28-19-35-18-26(29(28)37-31)23-7-4-10-32-16-23/h1-12,15-19,33H,13-14H2,(H,36,37)(H,38,39). The third-order valence-corrected chi connectivity index (χ3v) is 6.78. The maximum Gasteiger partial charge on any atom is 0.159 e. The van der Waals surface area contributed by atoms with Gasteiger partial charge in [0.05, 0.1) is 17.2 Å². The minimum atomic E-state index is 0.684. The smallest absolute Gasteiger partial charge is 0.159 e. The van der Waals surface area contributed by atoms with Crippen LogP contribution in [0.5, 0.6) is 0 Å². The van der Waals surface area contributed by atoms with Gasteiger partial charge in [-0.3, -0.25) is 20.1 Å². The first-order valence-corrected chi connectivity index (χ1v) is 12.7. The molecule has 39 heavy (non-hydrogen) atoms. The molecule has 0 atom stereocenters. The molecule has 0 aliphatic rings. The molecule has 0 amide bonds. The van der Waals surface area contributed by atoms with Crippen LogP contribution in [0.1, 0.15) is 11.1 Å². The molecule has 0 radical (unpaired) electrons. The van der Waals surface area contributed by atoms with Crippen LogP contribution in [-0.2, 0) is 13.1 Å². The zero-order chi connectivity index (χ0) is 26.0. The molecule has 3 N–H and O–H groups in total. The molecule has 0 spiro atoms. The molecule has 8 heteroatoms. The van der Waals surface area contributed by atoms with E-state index in [0.29, 0.717) is 5.82 Å². The minimum absolute atomic E-state index is 0.684. The average Bonchev–Trinajstić information content (AvgIpc) is 3.62. The number of pyridine rings is 3. The number of aromatic nitrogens is 7. The molecule has 0 saturated heterocycles. The number of H-pyrrole nitrogens is 2. The summed E-state index contributed by atoms with van der Waals surface area (Å²) < 4.78 is 0. The van der Waals surface area contributed by atoms with Gasteiger partial charge in [0.15, 0.2) is 5.82 Å². The van der Waals surface area contributed by atoms with Crippen LogP contribution in [0.25, 0.3) is 55.7 Å². The van der Waals surface area contributed by atoms with Gasteiger partial charge in [-0.05, 0) is 41.0 Å². The molecule has 188 valence electrons. The predicted octanol–water partition coefficient (Wildman–Crippen LogP) is 5.92. The first-order valence-electron chi connectivity index (χ1n) is 12.7.